The van der Waals surface area contributed by atoms with Gasteiger partial charge in [-0.3, -0.25) is 0 Å². The highest BCUT2D eigenvalue weighted by molar-refractivity contribution is 6.74. The van der Waals surface area contributed by atoms with Crippen molar-refractivity contribution in [2.24, 2.45) is 11.3 Å². The lowest BCUT2D eigenvalue weighted by Gasteiger charge is -2.37. The Kier molecular flexibility index (Phi) is 6.31. The van der Waals surface area contributed by atoms with Crippen molar-refractivity contribution in [3.8, 4) is 0 Å². The summed E-state index contributed by atoms with van der Waals surface area (Å²) >= 11 is 0. The molecular formula is C15H32O2Si. The lowest BCUT2D eigenvalue weighted by Crippen LogP contribution is -2.41. The maximum Gasteiger partial charge on any atom is 0.191 e. The molecule has 2 unspecified atom stereocenters. The van der Waals surface area contributed by atoms with E-state index in [9.17, 15) is 5.11 Å². The van der Waals surface area contributed by atoms with Crippen LogP contribution >= 0.6 is 0 Å². The van der Waals surface area contributed by atoms with Crippen molar-refractivity contribution in [1.29, 1.82) is 0 Å². The molecular weight excluding hydrogens is 240 g/mol. The van der Waals surface area contributed by atoms with Gasteiger partial charge in [0, 0.05) is 12.0 Å². The molecule has 0 aromatic rings. The molecule has 0 aliphatic carbocycles. The van der Waals surface area contributed by atoms with E-state index in [1.54, 1.807) is 0 Å². The highest BCUT2D eigenvalue weighted by atomic mass is 28.4. The number of aliphatic hydroxyl groups excluding tert-OH is 1. The summed E-state index contributed by atoms with van der Waals surface area (Å²) in [4.78, 5) is 0. The summed E-state index contributed by atoms with van der Waals surface area (Å²) in [6.07, 6.45) is 2.83. The second-order valence-electron chi connectivity index (χ2n) is 7.17. The Bertz CT molecular complexity index is 268. The van der Waals surface area contributed by atoms with Gasteiger partial charge < -0.3 is 9.53 Å². The van der Waals surface area contributed by atoms with Gasteiger partial charge in [-0.2, -0.15) is 0 Å². The van der Waals surface area contributed by atoms with Crippen LogP contribution in [0, 0.1) is 11.3 Å². The van der Waals surface area contributed by atoms with Crippen LogP contribution in [0.5, 0.6) is 0 Å². The minimum atomic E-state index is -1.64. The summed E-state index contributed by atoms with van der Waals surface area (Å²) in [5.74, 6) is 0.379. The molecule has 108 valence electrons. The quantitative estimate of drug-likeness (QED) is 0.555. The molecule has 2 atom stereocenters. The zero-order valence-corrected chi connectivity index (χ0v) is 14.3. The first-order valence-corrected chi connectivity index (χ1v) is 9.79. The zero-order valence-electron chi connectivity index (χ0n) is 13.3. The first-order chi connectivity index (χ1) is 8.00. The molecule has 0 rings (SSSR count). The molecule has 0 aliphatic heterocycles. The van der Waals surface area contributed by atoms with Crippen LogP contribution in [0.1, 0.15) is 41.0 Å². The van der Waals surface area contributed by atoms with Crippen LogP contribution in [0.15, 0.2) is 12.7 Å². The fourth-order valence-corrected chi connectivity index (χ4v) is 2.52. The Hall–Kier alpha value is -0.123. The molecule has 0 amide bonds. The molecule has 0 saturated carbocycles. The van der Waals surface area contributed by atoms with Crippen molar-refractivity contribution in [2.45, 2.75) is 59.2 Å². The summed E-state index contributed by atoms with van der Waals surface area (Å²) in [6.45, 7) is 20.3. The molecule has 2 nitrogen and oxygen atoms in total. The number of rotatable bonds is 7. The second-order valence-corrected chi connectivity index (χ2v) is 12.0. The normalized spacial score (nSPS) is 18.2. The minimum absolute atomic E-state index is 0.151. The third-order valence-corrected chi connectivity index (χ3v) is 9.29. The fraction of sp³-hybridized carbons (Fsp3) is 0.867. The SMILES string of the molecule is C=CC(C)(CO)C(C)CCO[Si](C)(C)C(C)(C)C. The zero-order chi connectivity index (χ0) is 14.6. The Morgan fingerprint density at radius 2 is 1.78 bits per heavy atom. The van der Waals surface area contributed by atoms with E-state index >= 15 is 0 Å². The number of aliphatic hydroxyl groups is 1. The molecule has 0 aliphatic rings. The monoisotopic (exact) mass is 272 g/mol. The van der Waals surface area contributed by atoms with Crippen LogP contribution in [-0.4, -0.2) is 26.6 Å². The van der Waals surface area contributed by atoms with Gasteiger partial charge in [0.25, 0.3) is 0 Å². The largest absolute Gasteiger partial charge is 0.417 e. The maximum absolute atomic E-state index is 9.44. The van der Waals surface area contributed by atoms with Crippen molar-refractivity contribution >= 4 is 8.32 Å². The van der Waals surface area contributed by atoms with Gasteiger partial charge in [0.15, 0.2) is 8.32 Å². The number of hydrogen-bond donors (Lipinski definition) is 1. The predicted molar refractivity (Wildman–Crippen MR) is 82.3 cm³/mol. The molecule has 0 radical (unpaired) electrons. The third kappa shape index (κ3) is 4.52. The highest BCUT2D eigenvalue weighted by Gasteiger charge is 2.37. The van der Waals surface area contributed by atoms with Gasteiger partial charge in [-0.15, -0.1) is 6.58 Å². The molecule has 0 spiro atoms. The average molecular weight is 273 g/mol. The number of hydrogen-bond acceptors (Lipinski definition) is 2. The summed E-state index contributed by atoms with van der Waals surface area (Å²) in [5.41, 5.74) is -0.198. The second kappa shape index (κ2) is 6.35. The van der Waals surface area contributed by atoms with Gasteiger partial charge in [-0.05, 0) is 30.5 Å². The van der Waals surface area contributed by atoms with E-state index in [1.165, 1.54) is 0 Å². The molecule has 0 aromatic heterocycles. The lowest BCUT2D eigenvalue weighted by molar-refractivity contribution is 0.114. The summed E-state index contributed by atoms with van der Waals surface area (Å²) in [7, 11) is -1.64. The van der Waals surface area contributed by atoms with Gasteiger partial charge in [-0.25, -0.2) is 0 Å². The lowest BCUT2D eigenvalue weighted by atomic mass is 9.77. The molecule has 3 heteroatoms. The first-order valence-electron chi connectivity index (χ1n) is 6.88. The topological polar surface area (TPSA) is 29.5 Å². The van der Waals surface area contributed by atoms with Crippen molar-refractivity contribution in [3.05, 3.63) is 12.7 Å². The van der Waals surface area contributed by atoms with Gasteiger partial charge in [0.1, 0.15) is 0 Å². The molecule has 0 aromatic carbocycles. The average Bonchev–Trinajstić information content (AvgIpc) is 2.26. The minimum Gasteiger partial charge on any atom is -0.417 e. The Morgan fingerprint density at radius 3 is 2.11 bits per heavy atom. The van der Waals surface area contributed by atoms with Crippen LogP contribution in [0.4, 0.5) is 0 Å². The van der Waals surface area contributed by atoms with Crippen LogP contribution < -0.4 is 0 Å². The summed E-state index contributed by atoms with van der Waals surface area (Å²) < 4.78 is 6.17. The maximum atomic E-state index is 9.44. The van der Waals surface area contributed by atoms with E-state index in [1.807, 2.05) is 6.08 Å². The van der Waals surface area contributed by atoms with Crippen LogP contribution in [0.3, 0.4) is 0 Å². The van der Waals surface area contributed by atoms with Gasteiger partial charge in [0.2, 0.25) is 0 Å². The molecule has 1 N–H and O–H groups in total. The van der Waals surface area contributed by atoms with E-state index < -0.39 is 8.32 Å². The molecule has 0 bridgehead atoms. The molecule has 0 heterocycles. The van der Waals surface area contributed by atoms with Crippen molar-refractivity contribution < 1.29 is 9.53 Å². The highest BCUT2D eigenvalue weighted by Crippen LogP contribution is 2.37. The van der Waals surface area contributed by atoms with Gasteiger partial charge >= 0.3 is 0 Å². The van der Waals surface area contributed by atoms with Crippen molar-refractivity contribution in [1.82, 2.24) is 0 Å². The summed E-state index contributed by atoms with van der Waals surface area (Å²) in [5, 5.41) is 9.70. The third-order valence-electron chi connectivity index (χ3n) is 4.75. The summed E-state index contributed by atoms with van der Waals surface area (Å²) in [6, 6.07) is 0. The van der Waals surface area contributed by atoms with Gasteiger partial charge in [0.05, 0.1) is 6.61 Å². The Labute approximate surface area is 115 Å². The van der Waals surface area contributed by atoms with E-state index in [0.717, 1.165) is 13.0 Å². The van der Waals surface area contributed by atoms with E-state index in [-0.39, 0.29) is 17.1 Å². The first kappa shape index (κ1) is 17.9. The Balaban J connectivity index is 4.33. The van der Waals surface area contributed by atoms with E-state index in [4.69, 9.17) is 4.43 Å². The van der Waals surface area contributed by atoms with Crippen molar-refractivity contribution in [2.75, 3.05) is 13.2 Å². The fourth-order valence-electron chi connectivity index (χ4n) is 1.46. The standard InChI is InChI=1S/C15H32O2Si/c1-9-15(6,12-16)13(2)10-11-17-18(7,8)14(3,4)5/h9,13,16H,1,10-12H2,2-8H3. The molecule has 0 saturated heterocycles. The van der Waals surface area contributed by atoms with E-state index in [0.29, 0.717) is 5.92 Å². The van der Waals surface area contributed by atoms with Gasteiger partial charge in [-0.1, -0.05) is 40.7 Å². The Morgan fingerprint density at radius 1 is 1.28 bits per heavy atom. The van der Waals surface area contributed by atoms with Crippen LogP contribution in [0.2, 0.25) is 18.1 Å². The molecule has 0 fully saturated rings. The van der Waals surface area contributed by atoms with Crippen LogP contribution in [0.25, 0.3) is 0 Å². The molecule has 18 heavy (non-hydrogen) atoms. The smallest absolute Gasteiger partial charge is 0.191 e. The van der Waals surface area contributed by atoms with Crippen molar-refractivity contribution in [3.63, 3.8) is 0 Å². The van der Waals surface area contributed by atoms with E-state index in [2.05, 4.69) is 54.3 Å². The van der Waals surface area contributed by atoms with Crippen LogP contribution in [-0.2, 0) is 4.43 Å². The predicted octanol–water partition coefficient (Wildman–Crippen LogP) is 4.22.